The molecule has 2 N–H and O–H groups in total. The highest BCUT2D eigenvalue weighted by Gasteiger charge is 2.15. The molecule has 0 bridgehead atoms. The van der Waals surface area contributed by atoms with Crippen molar-refractivity contribution in [1.82, 2.24) is 15.0 Å². The molecule has 0 radical (unpaired) electrons. The van der Waals surface area contributed by atoms with Crippen LogP contribution in [0.3, 0.4) is 0 Å². The number of rotatable bonds is 2. The summed E-state index contributed by atoms with van der Waals surface area (Å²) in [5, 5.41) is 0.546. The average molecular weight is 318 g/mol. The Hall–Kier alpha value is -2.79. The summed E-state index contributed by atoms with van der Waals surface area (Å²) in [6, 6.07) is 16.1. The molecule has 112 valence electrons. The maximum absolute atomic E-state index is 5.97. The second-order valence-corrected chi connectivity index (χ2v) is 6.37. The zero-order chi connectivity index (χ0) is 15.8. The molecule has 4 nitrogen and oxygen atoms in total. The summed E-state index contributed by atoms with van der Waals surface area (Å²) < 4.78 is 0. The number of aryl methyl sites for hydroxylation is 1. The lowest BCUT2D eigenvalue weighted by Crippen LogP contribution is -1.88. The van der Waals surface area contributed by atoms with Gasteiger partial charge < -0.3 is 5.73 Å². The van der Waals surface area contributed by atoms with Gasteiger partial charge in [-0.2, -0.15) is 0 Å². The lowest BCUT2D eigenvalue weighted by molar-refractivity contribution is 1.33. The minimum absolute atomic E-state index is 0.546. The van der Waals surface area contributed by atoms with Crippen molar-refractivity contribution in [1.29, 1.82) is 0 Å². The van der Waals surface area contributed by atoms with Crippen molar-refractivity contribution in [2.24, 2.45) is 0 Å². The predicted molar refractivity (Wildman–Crippen MR) is 95.2 cm³/mol. The predicted octanol–water partition coefficient (Wildman–Crippen LogP) is 4.31. The van der Waals surface area contributed by atoms with Crippen LogP contribution < -0.4 is 5.73 Å². The highest BCUT2D eigenvalue weighted by molar-refractivity contribution is 7.19. The van der Waals surface area contributed by atoms with Gasteiger partial charge in [0.05, 0.1) is 27.3 Å². The number of nitrogens with zero attached hydrogens (tertiary/aromatic N) is 3. The van der Waals surface area contributed by atoms with Crippen LogP contribution in [0.1, 0.15) is 5.56 Å². The number of nitrogen functional groups attached to an aromatic ring is 1. The van der Waals surface area contributed by atoms with Gasteiger partial charge in [-0.3, -0.25) is 4.98 Å². The molecule has 0 saturated heterocycles. The van der Waals surface area contributed by atoms with E-state index in [2.05, 4.69) is 29.0 Å². The van der Waals surface area contributed by atoms with Gasteiger partial charge in [-0.05, 0) is 37.3 Å². The number of aromatic nitrogens is 3. The molecule has 4 aromatic rings. The maximum atomic E-state index is 5.97. The first-order valence-electron chi connectivity index (χ1n) is 7.26. The molecule has 1 aromatic carbocycles. The molecule has 0 spiro atoms. The molecular weight excluding hydrogens is 304 g/mol. The molecule has 3 aromatic heterocycles. The van der Waals surface area contributed by atoms with Crippen molar-refractivity contribution in [3.8, 4) is 21.8 Å². The minimum Gasteiger partial charge on any atom is -0.375 e. The van der Waals surface area contributed by atoms with E-state index in [9.17, 15) is 0 Å². The molecule has 5 heteroatoms. The van der Waals surface area contributed by atoms with Gasteiger partial charge in [-0.1, -0.05) is 35.1 Å². The van der Waals surface area contributed by atoms with Gasteiger partial charge in [0.2, 0.25) is 0 Å². The summed E-state index contributed by atoms with van der Waals surface area (Å²) >= 11 is 1.46. The maximum Gasteiger partial charge on any atom is 0.181 e. The number of nitrogens with two attached hydrogens (primary N) is 1. The van der Waals surface area contributed by atoms with Crippen molar-refractivity contribution in [3.63, 3.8) is 0 Å². The molecule has 0 aliphatic carbocycles. The molecule has 0 aliphatic heterocycles. The molecule has 3 heterocycles. The van der Waals surface area contributed by atoms with E-state index in [0.29, 0.717) is 5.13 Å². The summed E-state index contributed by atoms with van der Waals surface area (Å²) in [4.78, 5) is 14.5. The average Bonchev–Trinajstić information content (AvgIpc) is 2.96. The molecule has 0 fully saturated rings. The molecule has 0 atom stereocenters. The van der Waals surface area contributed by atoms with E-state index in [-0.39, 0.29) is 0 Å². The Balaban J connectivity index is 1.91. The first-order chi connectivity index (χ1) is 11.2. The first kappa shape index (κ1) is 13.8. The molecule has 23 heavy (non-hydrogen) atoms. The van der Waals surface area contributed by atoms with Crippen molar-refractivity contribution < 1.29 is 0 Å². The number of hydrogen-bond acceptors (Lipinski definition) is 5. The Morgan fingerprint density at radius 2 is 1.87 bits per heavy atom. The third-order valence-corrected chi connectivity index (χ3v) is 4.53. The second kappa shape index (κ2) is 5.44. The van der Waals surface area contributed by atoms with Crippen molar-refractivity contribution >= 4 is 27.5 Å². The van der Waals surface area contributed by atoms with Gasteiger partial charge in [-0.25, -0.2) is 9.97 Å². The van der Waals surface area contributed by atoms with Crippen LogP contribution in [0.5, 0.6) is 0 Å². The van der Waals surface area contributed by atoms with E-state index in [1.807, 2.05) is 36.4 Å². The van der Waals surface area contributed by atoms with Gasteiger partial charge in [-0.15, -0.1) is 0 Å². The fraction of sp³-hybridized carbons (Fsp3) is 0.0556. The number of fused-ring (bicyclic) bond motifs is 1. The Morgan fingerprint density at radius 3 is 2.74 bits per heavy atom. The first-order valence-corrected chi connectivity index (χ1v) is 8.08. The van der Waals surface area contributed by atoms with E-state index in [1.54, 1.807) is 6.20 Å². The van der Waals surface area contributed by atoms with Crippen molar-refractivity contribution in [3.05, 3.63) is 60.3 Å². The van der Waals surface area contributed by atoms with Gasteiger partial charge in [0.1, 0.15) is 0 Å². The van der Waals surface area contributed by atoms with Crippen LogP contribution in [0, 0.1) is 6.92 Å². The second-order valence-electron chi connectivity index (χ2n) is 5.34. The third kappa shape index (κ3) is 2.55. The summed E-state index contributed by atoms with van der Waals surface area (Å²) in [6.45, 7) is 2.07. The van der Waals surface area contributed by atoms with Crippen LogP contribution in [0.25, 0.3) is 32.9 Å². The molecular formula is C18H14N4S. The minimum atomic E-state index is 0.546. The van der Waals surface area contributed by atoms with Crippen molar-refractivity contribution in [2.75, 3.05) is 5.73 Å². The Bertz CT molecular complexity index is 1010. The van der Waals surface area contributed by atoms with Gasteiger partial charge in [0, 0.05) is 11.8 Å². The SMILES string of the molecule is Cc1cccc(-c2nc(N)sc2-c2ccc3ncccc3n2)c1. The topological polar surface area (TPSA) is 64.7 Å². The van der Waals surface area contributed by atoms with Crippen LogP contribution in [0.4, 0.5) is 5.13 Å². The highest BCUT2D eigenvalue weighted by atomic mass is 32.1. The van der Waals surface area contributed by atoms with Crippen LogP contribution in [-0.2, 0) is 0 Å². The zero-order valence-corrected chi connectivity index (χ0v) is 13.3. The van der Waals surface area contributed by atoms with E-state index in [1.165, 1.54) is 16.9 Å². The van der Waals surface area contributed by atoms with E-state index in [4.69, 9.17) is 10.7 Å². The normalized spacial score (nSPS) is 11.0. The number of pyridine rings is 2. The molecule has 0 saturated carbocycles. The number of anilines is 1. The smallest absolute Gasteiger partial charge is 0.181 e. The monoisotopic (exact) mass is 318 g/mol. The van der Waals surface area contributed by atoms with Gasteiger partial charge in [0.15, 0.2) is 5.13 Å². The molecule has 0 unspecified atom stereocenters. The number of benzene rings is 1. The Morgan fingerprint density at radius 1 is 0.957 bits per heavy atom. The number of hydrogen-bond donors (Lipinski definition) is 1. The van der Waals surface area contributed by atoms with Crippen LogP contribution >= 0.6 is 11.3 Å². The molecule has 0 aliphatic rings. The van der Waals surface area contributed by atoms with E-state index in [0.717, 1.165) is 32.9 Å². The van der Waals surface area contributed by atoms with Crippen LogP contribution in [0.2, 0.25) is 0 Å². The summed E-state index contributed by atoms with van der Waals surface area (Å²) in [7, 11) is 0. The fourth-order valence-corrected chi connectivity index (χ4v) is 3.41. The van der Waals surface area contributed by atoms with Crippen molar-refractivity contribution in [2.45, 2.75) is 6.92 Å². The van der Waals surface area contributed by atoms with Crippen LogP contribution in [0.15, 0.2) is 54.7 Å². The fourth-order valence-electron chi connectivity index (χ4n) is 2.58. The lowest BCUT2D eigenvalue weighted by Gasteiger charge is -2.04. The third-order valence-electron chi connectivity index (χ3n) is 3.62. The van der Waals surface area contributed by atoms with Gasteiger partial charge in [0.25, 0.3) is 0 Å². The molecule has 4 rings (SSSR count). The van der Waals surface area contributed by atoms with E-state index < -0.39 is 0 Å². The Kier molecular flexibility index (Phi) is 3.28. The Labute approximate surface area is 137 Å². The highest BCUT2D eigenvalue weighted by Crippen LogP contribution is 2.37. The standard InChI is InChI=1S/C18H14N4S/c1-11-4-2-5-12(10-11)16-17(23-18(19)22-16)15-8-7-13-14(21-15)6-3-9-20-13/h2-10H,1H3,(H2,19,22). The lowest BCUT2D eigenvalue weighted by atomic mass is 10.1. The van der Waals surface area contributed by atoms with Gasteiger partial charge >= 0.3 is 0 Å². The summed E-state index contributed by atoms with van der Waals surface area (Å²) in [5.74, 6) is 0. The molecule has 0 amide bonds. The quantitative estimate of drug-likeness (QED) is 0.598. The largest absolute Gasteiger partial charge is 0.375 e. The number of thiazole rings is 1. The summed E-state index contributed by atoms with van der Waals surface area (Å²) in [5.41, 5.74) is 11.7. The van der Waals surface area contributed by atoms with Crippen LogP contribution in [-0.4, -0.2) is 15.0 Å². The summed E-state index contributed by atoms with van der Waals surface area (Å²) in [6.07, 6.45) is 1.77. The van der Waals surface area contributed by atoms with E-state index >= 15 is 0 Å². The zero-order valence-electron chi connectivity index (χ0n) is 12.5.